The van der Waals surface area contributed by atoms with Crippen LogP contribution < -0.4 is 5.32 Å². The maximum absolute atomic E-state index is 11.1. The van der Waals surface area contributed by atoms with Crippen molar-refractivity contribution in [1.29, 1.82) is 0 Å². The van der Waals surface area contributed by atoms with Crippen LogP contribution in [0.2, 0.25) is 0 Å². The molecule has 0 saturated heterocycles. The molecule has 0 aromatic carbocycles. The van der Waals surface area contributed by atoms with Crippen LogP contribution >= 0.6 is 0 Å². The van der Waals surface area contributed by atoms with E-state index in [0.29, 0.717) is 12.8 Å². The van der Waals surface area contributed by atoms with Crippen LogP contribution in [0.5, 0.6) is 0 Å². The van der Waals surface area contributed by atoms with Gasteiger partial charge in [-0.05, 0) is 0 Å². The van der Waals surface area contributed by atoms with Crippen molar-refractivity contribution in [2.45, 2.75) is 25.9 Å². The minimum absolute atomic E-state index is 0.0236. The lowest BCUT2D eigenvalue weighted by Crippen LogP contribution is -2.31. The molecule has 0 aromatic heterocycles. The Morgan fingerprint density at radius 2 is 2.20 bits per heavy atom. The van der Waals surface area contributed by atoms with Crippen LogP contribution in [0.3, 0.4) is 0 Å². The summed E-state index contributed by atoms with van der Waals surface area (Å²) in [5, 5.41) is 2.36. The first-order valence-corrected chi connectivity index (χ1v) is 4.65. The van der Waals surface area contributed by atoms with Crippen LogP contribution in [0.4, 0.5) is 0 Å². The first kappa shape index (κ1) is 13.4. The smallest absolute Gasteiger partial charge is 0.330 e. The van der Waals surface area contributed by atoms with Gasteiger partial charge in [-0.25, -0.2) is 4.79 Å². The average Bonchev–Trinajstić information content (AvgIpc) is 2.25. The number of rotatable bonds is 8. The van der Waals surface area contributed by atoms with Crippen LogP contribution in [-0.2, 0) is 19.1 Å². The van der Waals surface area contributed by atoms with Gasteiger partial charge in [0.15, 0.2) is 0 Å². The molecule has 0 aromatic rings. The van der Waals surface area contributed by atoms with E-state index in [0.717, 1.165) is 6.08 Å². The molecule has 0 fully saturated rings. The second-order valence-electron chi connectivity index (χ2n) is 2.89. The molecule has 1 atom stereocenters. The number of ether oxygens (including phenoxy) is 1. The Labute approximate surface area is 88.5 Å². The summed E-state index contributed by atoms with van der Waals surface area (Å²) in [6.07, 6.45) is 1.38. The predicted octanol–water partition coefficient (Wildman–Crippen LogP) is 0.199. The van der Waals surface area contributed by atoms with Crippen LogP contribution in [-0.4, -0.2) is 30.8 Å². The minimum Gasteiger partial charge on any atom is -0.457 e. The Hall–Kier alpha value is -1.65. The minimum atomic E-state index is -0.617. The van der Waals surface area contributed by atoms with E-state index in [2.05, 4.69) is 11.9 Å². The fourth-order valence-corrected chi connectivity index (χ4v) is 0.946. The largest absolute Gasteiger partial charge is 0.457 e. The van der Waals surface area contributed by atoms with Crippen molar-refractivity contribution in [3.8, 4) is 0 Å². The van der Waals surface area contributed by atoms with Gasteiger partial charge in [0.05, 0.1) is 6.54 Å². The SMILES string of the molecule is C=CC(=O)OC(CNC=O)CC(=O)CC. The highest BCUT2D eigenvalue weighted by molar-refractivity contribution is 5.82. The summed E-state index contributed by atoms with van der Waals surface area (Å²) < 4.78 is 4.88. The highest BCUT2D eigenvalue weighted by atomic mass is 16.5. The number of nitrogens with one attached hydrogen (secondary N) is 1. The van der Waals surface area contributed by atoms with Crippen molar-refractivity contribution < 1.29 is 19.1 Å². The molecule has 1 unspecified atom stereocenters. The zero-order chi connectivity index (χ0) is 11.7. The standard InChI is InChI=1S/C10H15NO4/c1-3-8(13)5-9(6-11-7-12)15-10(14)4-2/h4,7,9H,2-3,5-6H2,1H3,(H,11,12). The van der Waals surface area contributed by atoms with Crippen LogP contribution in [0.1, 0.15) is 19.8 Å². The Balaban J connectivity index is 4.16. The molecule has 0 bridgehead atoms. The monoisotopic (exact) mass is 213 g/mol. The van der Waals surface area contributed by atoms with Crippen LogP contribution in [0.25, 0.3) is 0 Å². The summed E-state index contributed by atoms with van der Waals surface area (Å²) in [7, 11) is 0. The molecule has 0 aliphatic carbocycles. The van der Waals surface area contributed by atoms with Gasteiger partial charge < -0.3 is 10.1 Å². The molecule has 5 heteroatoms. The molecule has 0 radical (unpaired) electrons. The van der Waals surface area contributed by atoms with Crippen molar-refractivity contribution in [3.63, 3.8) is 0 Å². The predicted molar refractivity (Wildman–Crippen MR) is 54.1 cm³/mol. The normalized spacial score (nSPS) is 11.3. The summed E-state index contributed by atoms with van der Waals surface area (Å²) in [5.41, 5.74) is 0. The number of hydrogen-bond donors (Lipinski definition) is 1. The van der Waals surface area contributed by atoms with Gasteiger partial charge in [-0.15, -0.1) is 0 Å². The second kappa shape index (κ2) is 7.73. The average molecular weight is 213 g/mol. The van der Waals surface area contributed by atoms with Gasteiger partial charge in [0.25, 0.3) is 0 Å². The van der Waals surface area contributed by atoms with E-state index in [1.54, 1.807) is 6.92 Å². The van der Waals surface area contributed by atoms with E-state index in [-0.39, 0.29) is 18.7 Å². The van der Waals surface area contributed by atoms with E-state index < -0.39 is 12.1 Å². The number of Topliss-reactive ketones (excluding diaryl/α,β-unsaturated/α-hetero) is 1. The van der Waals surface area contributed by atoms with E-state index in [1.807, 2.05) is 0 Å². The lowest BCUT2D eigenvalue weighted by atomic mass is 10.1. The second-order valence-corrected chi connectivity index (χ2v) is 2.89. The molecule has 0 saturated carbocycles. The Morgan fingerprint density at radius 3 is 2.67 bits per heavy atom. The van der Waals surface area contributed by atoms with Crippen molar-refractivity contribution in [2.24, 2.45) is 0 Å². The van der Waals surface area contributed by atoms with Gasteiger partial charge >= 0.3 is 5.97 Å². The fourth-order valence-electron chi connectivity index (χ4n) is 0.946. The summed E-state index contributed by atoms with van der Waals surface area (Å²) in [6.45, 7) is 5.10. The lowest BCUT2D eigenvalue weighted by Gasteiger charge is -2.15. The van der Waals surface area contributed by atoms with E-state index in [9.17, 15) is 14.4 Å². The summed E-state index contributed by atoms with van der Waals surface area (Å²) in [4.78, 5) is 32.1. The Morgan fingerprint density at radius 1 is 1.53 bits per heavy atom. The van der Waals surface area contributed by atoms with Crippen LogP contribution in [0.15, 0.2) is 12.7 Å². The maximum Gasteiger partial charge on any atom is 0.330 e. The lowest BCUT2D eigenvalue weighted by molar-refractivity contribution is -0.144. The molecule has 0 aliphatic heterocycles. The fraction of sp³-hybridized carbons (Fsp3) is 0.500. The Kier molecular flexibility index (Phi) is 6.88. The third-order valence-electron chi connectivity index (χ3n) is 1.73. The molecule has 1 amide bonds. The van der Waals surface area contributed by atoms with Gasteiger partial charge in [-0.1, -0.05) is 13.5 Å². The quantitative estimate of drug-likeness (QED) is 0.355. The van der Waals surface area contributed by atoms with Crippen LogP contribution in [0, 0.1) is 0 Å². The summed E-state index contributed by atoms with van der Waals surface area (Å²) in [5.74, 6) is -0.624. The van der Waals surface area contributed by atoms with Gasteiger partial charge in [0.2, 0.25) is 6.41 Å². The molecular formula is C10H15NO4. The topological polar surface area (TPSA) is 72.5 Å². The maximum atomic E-state index is 11.1. The number of carbonyl (C=O) groups is 3. The van der Waals surface area contributed by atoms with Gasteiger partial charge in [0, 0.05) is 18.9 Å². The highest BCUT2D eigenvalue weighted by Crippen LogP contribution is 2.01. The van der Waals surface area contributed by atoms with E-state index in [1.165, 1.54) is 0 Å². The third-order valence-corrected chi connectivity index (χ3v) is 1.73. The van der Waals surface area contributed by atoms with Crippen molar-refractivity contribution >= 4 is 18.2 Å². The first-order chi connectivity index (χ1) is 7.13. The molecule has 15 heavy (non-hydrogen) atoms. The van der Waals surface area contributed by atoms with Gasteiger partial charge in [-0.2, -0.15) is 0 Å². The number of ketones is 1. The number of carbonyl (C=O) groups excluding carboxylic acids is 3. The van der Waals surface area contributed by atoms with E-state index >= 15 is 0 Å². The molecular weight excluding hydrogens is 198 g/mol. The van der Waals surface area contributed by atoms with Gasteiger partial charge in [-0.3, -0.25) is 9.59 Å². The molecule has 0 aliphatic rings. The number of hydrogen-bond acceptors (Lipinski definition) is 4. The van der Waals surface area contributed by atoms with Crippen molar-refractivity contribution in [3.05, 3.63) is 12.7 Å². The van der Waals surface area contributed by atoms with Crippen molar-refractivity contribution in [2.75, 3.05) is 6.54 Å². The van der Waals surface area contributed by atoms with Gasteiger partial charge in [0.1, 0.15) is 11.9 Å². The summed E-state index contributed by atoms with van der Waals surface area (Å²) >= 11 is 0. The molecule has 0 rings (SSSR count). The third kappa shape index (κ3) is 6.42. The molecule has 1 N–H and O–H groups in total. The molecule has 5 nitrogen and oxygen atoms in total. The summed E-state index contributed by atoms with van der Waals surface area (Å²) in [6, 6.07) is 0. The molecule has 0 spiro atoms. The number of amides is 1. The zero-order valence-electron chi connectivity index (χ0n) is 8.69. The van der Waals surface area contributed by atoms with E-state index in [4.69, 9.17) is 4.74 Å². The first-order valence-electron chi connectivity index (χ1n) is 4.65. The Bertz CT molecular complexity index is 250. The molecule has 0 heterocycles. The zero-order valence-corrected chi connectivity index (χ0v) is 8.69. The highest BCUT2D eigenvalue weighted by Gasteiger charge is 2.15. The molecule has 84 valence electrons. The number of esters is 1. The van der Waals surface area contributed by atoms with Crippen molar-refractivity contribution in [1.82, 2.24) is 5.32 Å².